The molecule has 1 N–H and O–H groups in total. The predicted molar refractivity (Wildman–Crippen MR) is 126 cm³/mol. The summed E-state index contributed by atoms with van der Waals surface area (Å²) in [6.07, 6.45) is -1.31. The van der Waals surface area contributed by atoms with Crippen molar-refractivity contribution in [3.8, 4) is 11.1 Å². The summed E-state index contributed by atoms with van der Waals surface area (Å²) in [5.74, 6) is -2.49. The fraction of sp³-hybridized carbons (Fsp3) is 0.423. The van der Waals surface area contributed by atoms with E-state index in [-0.39, 0.29) is 5.56 Å². The molecule has 33 heavy (non-hydrogen) atoms. The molecule has 0 saturated heterocycles. The zero-order valence-electron chi connectivity index (χ0n) is 20.1. The Kier molecular flexibility index (Phi) is 5.52. The number of carboxylic acid groups (broad SMARTS) is 1. The van der Waals surface area contributed by atoms with Crippen molar-refractivity contribution in [3.63, 3.8) is 0 Å². The second-order valence-corrected chi connectivity index (χ2v) is 9.90. The number of aryl methyl sites for hydroxylation is 1. The van der Waals surface area contributed by atoms with E-state index in [0.29, 0.717) is 16.7 Å². The number of rotatable bonds is 4. The molecule has 2 aromatic carbocycles. The van der Waals surface area contributed by atoms with Crippen LogP contribution in [-0.2, 0) is 16.1 Å². The quantitative estimate of drug-likeness (QED) is 0.531. The topological polar surface area (TPSA) is 54.7 Å². The lowest BCUT2D eigenvalue weighted by Crippen LogP contribution is -2.31. The molecule has 0 bridgehead atoms. The van der Waals surface area contributed by atoms with Crippen molar-refractivity contribution in [2.75, 3.05) is 18.5 Å². The standard InChI is InChI=1S/C26H30F2N2O3/c1-13-10-17-21(16-11-18(27)14(2)19(28)12-16)20(24(25(31)32)33-26(4,5)6)15(3)22-23(17)30(13)9-8-29(22)7/h10-12,24H,8-9H2,1-7H3,(H,31,32)/t24-/m0/s1. The molecule has 0 spiro atoms. The average Bonchev–Trinajstić information content (AvgIpc) is 3.03. The molecule has 1 aromatic heterocycles. The molecule has 0 unspecified atom stereocenters. The number of halogens is 2. The number of benzene rings is 2. The van der Waals surface area contributed by atoms with Gasteiger partial charge in [0.2, 0.25) is 0 Å². The summed E-state index contributed by atoms with van der Waals surface area (Å²) in [5, 5.41) is 11.0. The van der Waals surface area contributed by atoms with Crippen molar-refractivity contribution in [3.05, 3.63) is 52.2 Å². The van der Waals surface area contributed by atoms with E-state index >= 15 is 0 Å². The number of carbonyl (C=O) groups is 1. The number of ether oxygens (including phenoxy) is 1. The summed E-state index contributed by atoms with van der Waals surface area (Å²) < 4.78 is 37.6. The zero-order chi connectivity index (χ0) is 24.4. The lowest BCUT2D eigenvalue weighted by molar-refractivity contribution is -0.160. The largest absolute Gasteiger partial charge is 0.479 e. The van der Waals surface area contributed by atoms with E-state index < -0.39 is 29.3 Å². The molecule has 3 aromatic rings. The highest BCUT2D eigenvalue weighted by Gasteiger charge is 2.35. The van der Waals surface area contributed by atoms with Crippen LogP contribution in [0.3, 0.4) is 0 Å². The van der Waals surface area contributed by atoms with Crippen LogP contribution < -0.4 is 4.90 Å². The second kappa shape index (κ2) is 7.83. The van der Waals surface area contributed by atoms with Crippen LogP contribution in [0.4, 0.5) is 14.5 Å². The zero-order valence-corrected chi connectivity index (χ0v) is 20.1. The van der Waals surface area contributed by atoms with E-state index in [1.165, 1.54) is 19.1 Å². The molecule has 0 saturated carbocycles. The molecule has 1 atom stereocenters. The van der Waals surface area contributed by atoms with Crippen molar-refractivity contribution in [2.24, 2.45) is 0 Å². The minimum atomic E-state index is -1.31. The lowest BCUT2D eigenvalue weighted by Gasteiger charge is -2.34. The Balaban J connectivity index is 2.20. The van der Waals surface area contributed by atoms with Crippen LogP contribution in [0.25, 0.3) is 22.0 Å². The van der Waals surface area contributed by atoms with Crippen molar-refractivity contribution < 1.29 is 23.4 Å². The van der Waals surface area contributed by atoms with Crippen molar-refractivity contribution in [1.29, 1.82) is 0 Å². The number of anilines is 1. The number of nitrogens with zero attached hydrogens (tertiary/aromatic N) is 2. The van der Waals surface area contributed by atoms with Gasteiger partial charge in [-0.25, -0.2) is 13.6 Å². The highest BCUT2D eigenvalue weighted by molar-refractivity contribution is 6.07. The van der Waals surface area contributed by atoms with Crippen LogP contribution in [0, 0.1) is 32.4 Å². The van der Waals surface area contributed by atoms with Crippen LogP contribution in [0.2, 0.25) is 0 Å². The molecule has 0 radical (unpaired) electrons. The van der Waals surface area contributed by atoms with E-state index in [2.05, 4.69) is 9.47 Å². The first-order valence-corrected chi connectivity index (χ1v) is 11.1. The Morgan fingerprint density at radius 3 is 2.21 bits per heavy atom. The summed E-state index contributed by atoms with van der Waals surface area (Å²) in [5.41, 5.74) is 4.00. The highest BCUT2D eigenvalue weighted by Crippen LogP contribution is 2.47. The van der Waals surface area contributed by atoms with E-state index in [0.717, 1.165) is 40.9 Å². The molecule has 4 rings (SSSR count). The fourth-order valence-electron chi connectivity index (χ4n) is 4.89. The van der Waals surface area contributed by atoms with Gasteiger partial charge in [0.05, 0.1) is 16.8 Å². The summed E-state index contributed by atoms with van der Waals surface area (Å²) >= 11 is 0. The molecular weight excluding hydrogens is 426 g/mol. The summed E-state index contributed by atoms with van der Waals surface area (Å²) in [7, 11) is 1.97. The molecule has 7 heteroatoms. The Bertz CT molecular complexity index is 1260. The van der Waals surface area contributed by atoms with Gasteiger partial charge in [-0.3, -0.25) is 0 Å². The van der Waals surface area contributed by atoms with Gasteiger partial charge in [0, 0.05) is 42.3 Å². The molecule has 5 nitrogen and oxygen atoms in total. The normalized spacial score (nSPS) is 14.8. The minimum Gasteiger partial charge on any atom is -0.479 e. The van der Waals surface area contributed by atoms with Crippen molar-refractivity contribution in [1.82, 2.24) is 4.57 Å². The molecule has 0 amide bonds. The molecule has 0 aliphatic carbocycles. The van der Waals surface area contributed by atoms with E-state index in [1.54, 1.807) is 20.8 Å². The average molecular weight is 457 g/mol. The molecular formula is C26H30F2N2O3. The van der Waals surface area contributed by atoms with E-state index in [1.807, 2.05) is 27.0 Å². The Hall–Kier alpha value is -2.93. The number of hydrogen-bond acceptors (Lipinski definition) is 3. The molecule has 1 aliphatic rings. The Morgan fingerprint density at radius 2 is 1.67 bits per heavy atom. The smallest absolute Gasteiger partial charge is 0.337 e. The molecule has 1 aliphatic heterocycles. The number of likely N-dealkylation sites (N-methyl/N-ethyl adjacent to an activating group) is 1. The maximum absolute atomic E-state index is 14.7. The molecule has 2 heterocycles. The van der Waals surface area contributed by atoms with Crippen molar-refractivity contribution >= 4 is 22.6 Å². The van der Waals surface area contributed by atoms with Gasteiger partial charge in [0.15, 0.2) is 6.10 Å². The van der Waals surface area contributed by atoms with Gasteiger partial charge < -0.3 is 19.3 Å². The third-order valence-electron chi connectivity index (χ3n) is 6.39. The van der Waals surface area contributed by atoms with Crippen LogP contribution in [0.15, 0.2) is 18.2 Å². The van der Waals surface area contributed by atoms with Gasteiger partial charge in [-0.2, -0.15) is 0 Å². The van der Waals surface area contributed by atoms with Crippen LogP contribution in [0.1, 0.15) is 49.3 Å². The van der Waals surface area contributed by atoms with Crippen LogP contribution in [0.5, 0.6) is 0 Å². The van der Waals surface area contributed by atoms with Crippen molar-refractivity contribution in [2.45, 2.75) is 59.8 Å². The molecule has 176 valence electrons. The van der Waals surface area contributed by atoms with Crippen LogP contribution in [-0.4, -0.2) is 34.8 Å². The van der Waals surface area contributed by atoms with Gasteiger partial charge in [0.25, 0.3) is 0 Å². The van der Waals surface area contributed by atoms with Crippen LogP contribution >= 0.6 is 0 Å². The van der Waals surface area contributed by atoms with Gasteiger partial charge in [0.1, 0.15) is 11.6 Å². The summed E-state index contributed by atoms with van der Waals surface area (Å²) in [6, 6.07) is 4.55. The monoisotopic (exact) mass is 456 g/mol. The third-order valence-corrected chi connectivity index (χ3v) is 6.39. The SMILES string of the molecule is Cc1c(F)cc(-c2c([C@H](OC(C)(C)C)C(=O)O)c(C)c3c4c2cc(C)n4CCN3C)cc1F. The van der Waals surface area contributed by atoms with Gasteiger partial charge in [-0.05, 0) is 76.4 Å². The number of hydrogen-bond donors (Lipinski definition) is 1. The number of carboxylic acids is 1. The van der Waals surface area contributed by atoms with E-state index in [4.69, 9.17) is 4.74 Å². The first-order chi connectivity index (χ1) is 15.3. The predicted octanol–water partition coefficient (Wildman–Crippen LogP) is 5.90. The minimum absolute atomic E-state index is 0.0692. The Labute approximate surface area is 192 Å². The van der Waals surface area contributed by atoms with Gasteiger partial charge in [-0.15, -0.1) is 0 Å². The summed E-state index contributed by atoms with van der Waals surface area (Å²) in [4.78, 5) is 14.6. The lowest BCUT2D eigenvalue weighted by atomic mass is 9.86. The second-order valence-electron chi connectivity index (χ2n) is 9.90. The maximum atomic E-state index is 14.7. The fourth-order valence-corrected chi connectivity index (χ4v) is 4.89. The first kappa shape index (κ1) is 23.2. The van der Waals surface area contributed by atoms with Gasteiger partial charge >= 0.3 is 5.97 Å². The Morgan fingerprint density at radius 1 is 1.06 bits per heavy atom. The molecule has 0 fully saturated rings. The number of aliphatic carboxylic acids is 1. The summed E-state index contributed by atoms with van der Waals surface area (Å²) in [6.45, 7) is 12.2. The van der Waals surface area contributed by atoms with E-state index in [9.17, 15) is 18.7 Å². The first-order valence-electron chi connectivity index (χ1n) is 11.1. The number of aromatic nitrogens is 1. The van der Waals surface area contributed by atoms with Gasteiger partial charge in [-0.1, -0.05) is 0 Å². The third kappa shape index (κ3) is 3.78. The maximum Gasteiger partial charge on any atom is 0.337 e. The highest BCUT2D eigenvalue weighted by atomic mass is 19.1.